The molecule has 2 aromatic rings. The number of carbonyl (C=O) groups excluding carboxylic acids is 2. The summed E-state index contributed by atoms with van der Waals surface area (Å²) >= 11 is 0. The number of hydrogen-bond acceptors (Lipinski definition) is 6. The van der Waals surface area contributed by atoms with Crippen LogP contribution in [0.5, 0.6) is 0 Å². The second kappa shape index (κ2) is 4.74. The van der Waals surface area contributed by atoms with Crippen molar-refractivity contribution in [2.24, 2.45) is 0 Å². The molecule has 0 aliphatic heterocycles. The highest BCUT2D eigenvalue weighted by atomic mass is 16.5. The van der Waals surface area contributed by atoms with E-state index < -0.39 is 5.97 Å². The van der Waals surface area contributed by atoms with E-state index in [-0.39, 0.29) is 11.6 Å². The molecule has 0 bridgehead atoms. The van der Waals surface area contributed by atoms with Crippen molar-refractivity contribution in [2.75, 3.05) is 7.11 Å². The lowest BCUT2D eigenvalue weighted by Crippen LogP contribution is -2.08. The average molecular weight is 246 g/mol. The van der Waals surface area contributed by atoms with Crippen molar-refractivity contribution in [1.29, 1.82) is 0 Å². The molecule has 0 aliphatic carbocycles. The molecule has 92 valence electrons. The van der Waals surface area contributed by atoms with E-state index in [0.717, 1.165) is 0 Å². The molecule has 18 heavy (non-hydrogen) atoms. The van der Waals surface area contributed by atoms with Gasteiger partial charge in [0.2, 0.25) is 0 Å². The van der Waals surface area contributed by atoms with Gasteiger partial charge in [-0.1, -0.05) is 0 Å². The number of ketones is 1. The first kappa shape index (κ1) is 11.9. The molecule has 0 saturated heterocycles. The van der Waals surface area contributed by atoms with Crippen molar-refractivity contribution in [1.82, 2.24) is 19.7 Å². The second-order valence-corrected chi connectivity index (χ2v) is 3.44. The van der Waals surface area contributed by atoms with Crippen molar-refractivity contribution in [3.63, 3.8) is 0 Å². The van der Waals surface area contributed by atoms with Crippen LogP contribution in [-0.4, -0.2) is 38.6 Å². The molecule has 0 fully saturated rings. The predicted molar refractivity (Wildman–Crippen MR) is 60.5 cm³/mol. The third-order valence-corrected chi connectivity index (χ3v) is 2.24. The summed E-state index contributed by atoms with van der Waals surface area (Å²) < 4.78 is 5.77. The summed E-state index contributed by atoms with van der Waals surface area (Å²) in [4.78, 5) is 30.5. The Bertz CT molecular complexity index is 606. The molecule has 0 atom stereocenters. The minimum atomic E-state index is -0.644. The molecule has 2 aromatic heterocycles. The van der Waals surface area contributed by atoms with Crippen molar-refractivity contribution < 1.29 is 14.3 Å². The van der Waals surface area contributed by atoms with Gasteiger partial charge in [-0.3, -0.25) is 4.79 Å². The number of aromatic nitrogens is 4. The smallest absolute Gasteiger partial charge is 0.377 e. The van der Waals surface area contributed by atoms with Gasteiger partial charge in [0.15, 0.2) is 11.6 Å². The SMILES string of the molecule is COC(=O)c1ncn(-c2ncccc2C(C)=O)n1. The Morgan fingerprint density at radius 1 is 1.33 bits per heavy atom. The van der Waals surface area contributed by atoms with Gasteiger partial charge in [0.1, 0.15) is 6.33 Å². The number of rotatable bonds is 3. The highest BCUT2D eigenvalue weighted by Crippen LogP contribution is 2.10. The van der Waals surface area contributed by atoms with E-state index in [0.29, 0.717) is 11.4 Å². The molecule has 2 rings (SSSR count). The third-order valence-electron chi connectivity index (χ3n) is 2.24. The highest BCUT2D eigenvalue weighted by Gasteiger charge is 2.15. The maximum atomic E-state index is 11.4. The van der Waals surface area contributed by atoms with Gasteiger partial charge in [0.25, 0.3) is 5.82 Å². The molecule has 0 amide bonds. The fourth-order valence-electron chi connectivity index (χ4n) is 1.40. The standard InChI is InChI=1S/C11H10N4O3/c1-7(16)8-4-3-5-12-10(8)15-6-13-9(14-15)11(17)18-2/h3-6H,1-2H3. The van der Waals surface area contributed by atoms with Crippen LogP contribution >= 0.6 is 0 Å². The molecule has 0 N–H and O–H groups in total. The molecule has 2 heterocycles. The predicted octanol–water partition coefficient (Wildman–Crippen LogP) is 0.652. The van der Waals surface area contributed by atoms with E-state index in [1.54, 1.807) is 12.1 Å². The Hall–Kier alpha value is -2.57. The molecule has 0 aromatic carbocycles. The van der Waals surface area contributed by atoms with Crippen LogP contribution in [0.1, 0.15) is 27.9 Å². The third kappa shape index (κ3) is 2.10. The Labute approximate surface area is 102 Å². The Balaban J connectivity index is 2.46. The van der Waals surface area contributed by atoms with Crippen molar-refractivity contribution in [3.8, 4) is 5.82 Å². The van der Waals surface area contributed by atoms with Gasteiger partial charge >= 0.3 is 5.97 Å². The van der Waals surface area contributed by atoms with Crippen LogP contribution in [0.25, 0.3) is 5.82 Å². The first-order valence-corrected chi connectivity index (χ1v) is 5.09. The lowest BCUT2D eigenvalue weighted by Gasteiger charge is -2.03. The van der Waals surface area contributed by atoms with Gasteiger partial charge in [-0.05, 0) is 19.1 Å². The quantitative estimate of drug-likeness (QED) is 0.583. The molecule has 7 heteroatoms. The van der Waals surface area contributed by atoms with E-state index >= 15 is 0 Å². The lowest BCUT2D eigenvalue weighted by atomic mass is 10.2. The molecular formula is C11H10N4O3. The number of Topliss-reactive ketones (excluding diaryl/α,β-unsaturated/α-hetero) is 1. The maximum absolute atomic E-state index is 11.4. The number of carbonyl (C=O) groups is 2. The van der Waals surface area contributed by atoms with Crippen LogP contribution < -0.4 is 0 Å². The number of pyridine rings is 1. The van der Waals surface area contributed by atoms with E-state index in [1.165, 1.54) is 31.2 Å². The van der Waals surface area contributed by atoms with Crippen LogP contribution in [0.15, 0.2) is 24.7 Å². The first-order valence-electron chi connectivity index (χ1n) is 5.09. The number of ether oxygens (including phenoxy) is 1. The normalized spacial score (nSPS) is 10.1. The summed E-state index contributed by atoms with van der Waals surface area (Å²) in [6, 6.07) is 3.28. The molecule has 0 radical (unpaired) electrons. The zero-order chi connectivity index (χ0) is 13.1. The number of esters is 1. The summed E-state index contributed by atoms with van der Waals surface area (Å²) in [6.45, 7) is 1.43. The lowest BCUT2D eigenvalue weighted by molar-refractivity contribution is 0.0587. The Kier molecular flexibility index (Phi) is 3.13. The minimum absolute atomic E-state index is 0.0855. The summed E-state index contributed by atoms with van der Waals surface area (Å²) in [7, 11) is 1.24. The van der Waals surface area contributed by atoms with Crippen LogP contribution in [0.4, 0.5) is 0 Å². The van der Waals surface area contributed by atoms with Gasteiger partial charge in [-0.15, -0.1) is 5.10 Å². The summed E-state index contributed by atoms with van der Waals surface area (Å²) in [5, 5.41) is 3.91. The van der Waals surface area contributed by atoms with Crippen LogP contribution in [0.2, 0.25) is 0 Å². The summed E-state index contributed by atoms with van der Waals surface area (Å²) in [5.41, 5.74) is 0.402. The second-order valence-electron chi connectivity index (χ2n) is 3.44. The highest BCUT2D eigenvalue weighted by molar-refractivity contribution is 5.96. The Morgan fingerprint density at radius 2 is 2.11 bits per heavy atom. The van der Waals surface area contributed by atoms with Crippen LogP contribution in [-0.2, 0) is 4.74 Å². The molecule has 0 saturated carbocycles. The minimum Gasteiger partial charge on any atom is -0.463 e. The zero-order valence-electron chi connectivity index (χ0n) is 9.82. The fraction of sp³-hybridized carbons (Fsp3) is 0.182. The number of nitrogens with zero attached hydrogens (tertiary/aromatic N) is 4. The average Bonchev–Trinajstić information content (AvgIpc) is 2.87. The van der Waals surface area contributed by atoms with E-state index in [2.05, 4.69) is 19.8 Å². The summed E-state index contributed by atoms with van der Waals surface area (Å²) in [6.07, 6.45) is 2.84. The monoisotopic (exact) mass is 246 g/mol. The van der Waals surface area contributed by atoms with Crippen molar-refractivity contribution in [2.45, 2.75) is 6.92 Å². The topological polar surface area (TPSA) is 87.0 Å². The number of methoxy groups -OCH3 is 1. The first-order chi connectivity index (χ1) is 8.63. The van der Waals surface area contributed by atoms with E-state index in [4.69, 9.17) is 0 Å². The maximum Gasteiger partial charge on any atom is 0.377 e. The van der Waals surface area contributed by atoms with Crippen LogP contribution in [0, 0.1) is 0 Å². The summed E-state index contributed by atoms with van der Waals surface area (Å²) in [5.74, 6) is -0.549. The van der Waals surface area contributed by atoms with E-state index in [9.17, 15) is 9.59 Å². The molecule has 0 unspecified atom stereocenters. The largest absolute Gasteiger partial charge is 0.463 e. The van der Waals surface area contributed by atoms with Gasteiger partial charge in [-0.2, -0.15) is 0 Å². The number of hydrogen-bond donors (Lipinski definition) is 0. The van der Waals surface area contributed by atoms with Crippen LogP contribution in [0.3, 0.4) is 0 Å². The zero-order valence-corrected chi connectivity index (χ0v) is 9.82. The fourth-order valence-corrected chi connectivity index (χ4v) is 1.40. The van der Waals surface area contributed by atoms with E-state index in [1.807, 2.05) is 0 Å². The van der Waals surface area contributed by atoms with Crippen molar-refractivity contribution in [3.05, 3.63) is 36.0 Å². The molecule has 0 aliphatic rings. The van der Waals surface area contributed by atoms with Gasteiger partial charge in [0, 0.05) is 6.20 Å². The molecule has 7 nitrogen and oxygen atoms in total. The van der Waals surface area contributed by atoms with Crippen molar-refractivity contribution >= 4 is 11.8 Å². The van der Waals surface area contributed by atoms with Gasteiger partial charge in [-0.25, -0.2) is 19.4 Å². The Morgan fingerprint density at radius 3 is 2.78 bits per heavy atom. The van der Waals surface area contributed by atoms with Gasteiger partial charge < -0.3 is 4.74 Å². The molecular weight excluding hydrogens is 236 g/mol. The molecule has 0 spiro atoms. The van der Waals surface area contributed by atoms with Gasteiger partial charge in [0.05, 0.1) is 12.7 Å².